The van der Waals surface area contributed by atoms with E-state index < -0.39 is 11.7 Å². The topological polar surface area (TPSA) is 93.6 Å². The highest BCUT2D eigenvalue weighted by Gasteiger charge is 2.17. The number of nitrogens with one attached hydrogen (secondary N) is 1. The van der Waals surface area contributed by atoms with E-state index >= 15 is 0 Å². The lowest BCUT2D eigenvalue weighted by molar-refractivity contribution is 0.0635. The Morgan fingerprint density at radius 1 is 1.40 bits per heavy atom. The molecule has 20 heavy (non-hydrogen) atoms. The maximum absolute atomic E-state index is 11.5. The quantitative estimate of drug-likeness (QED) is 0.857. The average molecular weight is 283 g/mol. The van der Waals surface area contributed by atoms with E-state index in [0.29, 0.717) is 17.9 Å². The first-order valence-corrected chi connectivity index (χ1v) is 6.33. The maximum Gasteiger partial charge on any atom is 0.413 e. The summed E-state index contributed by atoms with van der Waals surface area (Å²) in [4.78, 5) is 11.5. The fourth-order valence-electron chi connectivity index (χ4n) is 1.49. The standard InChI is InChI=1S/C13H21N3O4/c1-13(2,3)20-12(18)14-11-6-5-9(15-16-11)10(19-4)7-8-17/h5-6,10,17H,7-8H2,1-4H3,(H,14,16,18). The molecule has 0 spiro atoms. The molecule has 1 unspecified atom stereocenters. The molecule has 0 aromatic carbocycles. The SMILES string of the molecule is COC(CCO)c1ccc(NC(=O)OC(C)(C)C)nn1. The summed E-state index contributed by atoms with van der Waals surface area (Å²) in [6, 6.07) is 3.29. The van der Waals surface area contributed by atoms with E-state index in [1.807, 2.05) is 0 Å². The molecule has 0 aliphatic rings. The third-order valence-corrected chi connectivity index (χ3v) is 2.32. The molecule has 0 saturated heterocycles. The van der Waals surface area contributed by atoms with Gasteiger partial charge in [-0.15, -0.1) is 5.10 Å². The molecule has 7 nitrogen and oxygen atoms in total. The fraction of sp³-hybridized carbons (Fsp3) is 0.615. The lowest BCUT2D eigenvalue weighted by Crippen LogP contribution is -2.27. The smallest absolute Gasteiger partial charge is 0.413 e. The predicted molar refractivity (Wildman–Crippen MR) is 73.3 cm³/mol. The Balaban J connectivity index is 2.64. The van der Waals surface area contributed by atoms with Crippen molar-refractivity contribution in [2.24, 2.45) is 0 Å². The highest BCUT2D eigenvalue weighted by Crippen LogP contribution is 2.18. The number of rotatable bonds is 5. The largest absolute Gasteiger partial charge is 0.444 e. The highest BCUT2D eigenvalue weighted by molar-refractivity contribution is 5.83. The third kappa shape index (κ3) is 5.50. The number of aliphatic hydroxyl groups is 1. The minimum Gasteiger partial charge on any atom is -0.444 e. The van der Waals surface area contributed by atoms with Gasteiger partial charge in [-0.05, 0) is 32.9 Å². The molecule has 0 radical (unpaired) electrons. The summed E-state index contributed by atoms with van der Waals surface area (Å²) in [7, 11) is 1.54. The van der Waals surface area contributed by atoms with Crippen molar-refractivity contribution < 1.29 is 19.4 Å². The van der Waals surface area contributed by atoms with Crippen LogP contribution < -0.4 is 5.32 Å². The van der Waals surface area contributed by atoms with Crippen molar-refractivity contribution in [3.8, 4) is 0 Å². The molecule has 0 fully saturated rings. The number of methoxy groups -OCH3 is 1. The van der Waals surface area contributed by atoms with E-state index in [-0.39, 0.29) is 12.7 Å². The second-order valence-corrected chi connectivity index (χ2v) is 5.21. The summed E-state index contributed by atoms with van der Waals surface area (Å²) in [6.07, 6.45) is -0.467. The van der Waals surface area contributed by atoms with Crippen LogP contribution >= 0.6 is 0 Å². The molecule has 1 rings (SSSR count). The Labute approximate surface area is 118 Å². The zero-order valence-corrected chi connectivity index (χ0v) is 12.2. The van der Waals surface area contributed by atoms with Crippen LogP contribution in [0.5, 0.6) is 0 Å². The van der Waals surface area contributed by atoms with Crippen molar-refractivity contribution in [2.45, 2.75) is 38.9 Å². The van der Waals surface area contributed by atoms with Crippen LogP contribution in [0, 0.1) is 0 Å². The zero-order chi connectivity index (χ0) is 15.2. The van der Waals surface area contributed by atoms with Gasteiger partial charge in [0.15, 0.2) is 5.82 Å². The fourth-order valence-corrected chi connectivity index (χ4v) is 1.49. The van der Waals surface area contributed by atoms with Crippen molar-refractivity contribution in [3.63, 3.8) is 0 Å². The van der Waals surface area contributed by atoms with E-state index in [1.54, 1.807) is 32.9 Å². The van der Waals surface area contributed by atoms with Crippen LogP contribution in [0.2, 0.25) is 0 Å². The van der Waals surface area contributed by atoms with Crippen LogP contribution in [-0.2, 0) is 9.47 Å². The molecule has 1 aromatic rings. The molecule has 1 heterocycles. The zero-order valence-electron chi connectivity index (χ0n) is 12.2. The molecule has 112 valence electrons. The summed E-state index contributed by atoms with van der Waals surface area (Å²) in [6.45, 7) is 5.33. The Hall–Kier alpha value is -1.73. The van der Waals surface area contributed by atoms with Gasteiger partial charge < -0.3 is 14.6 Å². The monoisotopic (exact) mass is 283 g/mol. The predicted octanol–water partition coefficient (Wildman–Crippen LogP) is 1.89. The van der Waals surface area contributed by atoms with Gasteiger partial charge >= 0.3 is 6.09 Å². The number of hydrogen-bond donors (Lipinski definition) is 2. The van der Waals surface area contributed by atoms with Gasteiger partial charge in [-0.2, -0.15) is 5.10 Å². The van der Waals surface area contributed by atoms with E-state index in [4.69, 9.17) is 14.6 Å². The van der Waals surface area contributed by atoms with Crippen molar-refractivity contribution in [2.75, 3.05) is 19.0 Å². The van der Waals surface area contributed by atoms with Crippen molar-refractivity contribution in [3.05, 3.63) is 17.8 Å². The molecule has 0 aliphatic carbocycles. The minimum atomic E-state index is -0.585. The van der Waals surface area contributed by atoms with Crippen LogP contribution in [0.3, 0.4) is 0 Å². The maximum atomic E-state index is 11.5. The van der Waals surface area contributed by atoms with Crippen LogP contribution in [-0.4, -0.2) is 40.7 Å². The number of hydrogen-bond acceptors (Lipinski definition) is 6. The van der Waals surface area contributed by atoms with Crippen molar-refractivity contribution in [1.29, 1.82) is 0 Å². The Morgan fingerprint density at radius 3 is 2.55 bits per heavy atom. The second-order valence-electron chi connectivity index (χ2n) is 5.21. The third-order valence-electron chi connectivity index (χ3n) is 2.32. The van der Waals surface area contributed by atoms with Gasteiger partial charge in [-0.1, -0.05) is 0 Å². The number of amides is 1. The van der Waals surface area contributed by atoms with Crippen LogP contribution in [0.1, 0.15) is 39.0 Å². The van der Waals surface area contributed by atoms with Crippen LogP contribution in [0.15, 0.2) is 12.1 Å². The first kappa shape index (κ1) is 16.3. The van der Waals surface area contributed by atoms with E-state index in [2.05, 4.69) is 15.5 Å². The van der Waals surface area contributed by atoms with Gasteiger partial charge in [0.05, 0.1) is 5.69 Å². The number of aromatic nitrogens is 2. The van der Waals surface area contributed by atoms with Gasteiger partial charge in [0.1, 0.15) is 11.7 Å². The summed E-state index contributed by atoms with van der Waals surface area (Å²) < 4.78 is 10.3. The molecule has 1 atom stereocenters. The molecule has 1 aromatic heterocycles. The summed E-state index contributed by atoms with van der Waals surface area (Å²) >= 11 is 0. The lowest BCUT2D eigenvalue weighted by atomic mass is 10.2. The minimum absolute atomic E-state index is 0.00189. The number of carbonyl (C=O) groups is 1. The summed E-state index contributed by atoms with van der Waals surface area (Å²) in [5, 5.41) is 19.2. The lowest BCUT2D eigenvalue weighted by Gasteiger charge is -2.19. The van der Waals surface area contributed by atoms with Crippen molar-refractivity contribution >= 4 is 11.9 Å². The van der Waals surface area contributed by atoms with E-state index in [1.165, 1.54) is 7.11 Å². The molecule has 1 amide bonds. The Morgan fingerprint density at radius 2 is 2.10 bits per heavy atom. The molecular formula is C13H21N3O4. The van der Waals surface area contributed by atoms with Gasteiger partial charge in [0.25, 0.3) is 0 Å². The van der Waals surface area contributed by atoms with Gasteiger partial charge in [-0.3, -0.25) is 5.32 Å². The Bertz CT molecular complexity index is 428. The molecule has 7 heteroatoms. The van der Waals surface area contributed by atoms with Crippen LogP contribution in [0.25, 0.3) is 0 Å². The molecule has 0 saturated carbocycles. The summed E-state index contributed by atoms with van der Waals surface area (Å²) in [5.41, 5.74) is 0.0241. The molecular weight excluding hydrogens is 262 g/mol. The first-order chi connectivity index (χ1) is 9.35. The Kier molecular flexibility index (Phi) is 5.84. The van der Waals surface area contributed by atoms with Gasteiger partial charge in [0.2, 0.25) is 0 Å². The highest BCUT2D eigenvalue weighted by atomic mass is 16.6. The normalized spacial score (nSPS) is 12.8. The van der Waals surface area contributed by atoms with Gasteiger partial charge in [-0.25, -0.2) is 4.79 Å². The first-order valence-electron chi connectivity index (χ1n) is 6.33. The molecule has 0 bridgehead atoms. The second kappa shape index (κ2) is 7.16. The number of anilines is 1. The number of ether oxygens (including phenoxy) is 2. The van der Waals surface area contributed by atoms with Gasteiger partial charge in [0, 0.05) is 20.1 Å². The summed E-state index contributed by atoms with van der Waals surface area (Å²) in [5.74, 6) is 0.293. The molecule has 0 aliphatic heterocycles. The number of nitrogens with zero attached hydrogens (tertiary/aromatic N) is 2. The molecule has 2 N–H and O–H groups in total. The number of aliphatic hydroxyl groups excluding tert-OH is 1. The van der Waals surface area contributed by atoms with Crippen molar-refractivity contribution in [1.82, 2.24) is 10.2 Å². The number of carbonyl (C=O) groups excluding carboxylic acids is 1. The van der Waals surface area contributed by atoms with Crippen LogP contribution in [0.4, 0.5) is 10.6 Å². The van der Waals surface area contributed by atoms with E-state index in [0.717, 1.165) is 0 Å². The average Bonchev–Trinajstić information content (AvgIpc) is 2.34. The van der Waals surface area contributed by atoms with E-state index in [9.17, 15) is 4.79 Å².